The summed E-state index contributed by atoms with van der Waals surface area (Å²) in [5, 5.41) is 3.49. The third-order valence-electron chi connectivity index (χ3n) is 3.84. The van der Waals surface area contributed by atoms with E-state index >= 15 is 0 Å². The fourth-order valence-corrected chi connectivity index (χ4v) is 2.47. The normalized spacial score (nSPS) is 10.9. The minimum atomic E-state index is 0.0111. The molecule has 0 aliphatic rings. The largest absolute Gasteiger partial charge is 0.375 e. The number of hydrogen-bond acceptors (Lipinski definition) is 3. The molecule has 2 aromatic rings. The van der Waals surface area contributed by atoms with Gasteiger partial charge in [0.25, 0.3) is 0 Å². The van der Waals surface area contributed by atoms with Crippen molar-refractivity contribution in [2.45, 2.75) is 39.7 Å². The van der Waals surface area contributed by atoms with Gasteiger partial charge in [0, 0.05) is 42.2 Å². The van der Waals surface area contributed by atoms with Crippen LogP contribution in [-0.2, 0) is 16.1 Å². The Balaban J connectivity index is 1.80. The molecule has 0 aliphatic heterocycles. The smallest absolute Gasteiger partial charge is 0.216 e. The Labute approximate surface area is 136 Å². The number of rotatable bonds is 8. The van der Waals surface area contributed by atoms with E-state index in [9.17, 15) is 9.59 Å². The van der Waals surface area contributed by atoms with Crippen molar-refractivity contribution >= 4 is 16.8 Å². The number of nitrogens with one attached hydrogen (secondary N) is 2. The minimum Gasteiger partial charge on any atom is -0.375 e. The molecule has 0 fully saturated rings. The van der Waals surface area contributed by atoms with Crippen LogP contribution in [0.3, 0.4) is 0 Å². The zero-order chi connectivity index (χ0) is 16.7. The van der Waals surface area contributed by atoms with E-state index in [0.29, 0.717) is 30.7 Å². The molecular weight excluding hydrogens is 292 g/mol. The van der Waals surface area contributed by atoms with Crippen LogP contribution in [0.2, 0.25) is 0 Å². The highest BCUT2D eigenvalue weighted by Crippen LogP contribution is 2.11. The van der Waals surface area contributed by atoms with Crippen molar-refractivity contribution in [2.24, 2.45) is 0 Å². The molecule has 0 saturated heterocycles. The molecule has 5 nitrogen and oxygen atoms in total. The average Bonchev–Trinajstić information content (AvgIpc) is 2.54. The molecule has 0 radical (unpaired) electrons. The molecule has 0 unspecified atom stereocenters. The lowest BCUT2D eigenvalue weighted by atomic mass is 10.1. The second-order valence-electron chi connectivity index (χ2n) is 5.70. The Kier molecular flexibility index (Phi) is 6.35. The lowest BCUT2D eigenvalue weighted by Gasteiger charge is -2.09. The molecule has 1 heterocycles. The topological polar surface area (TPSA) is 71.2 Å². The Morgan fingerprint density at radius 3 is 2.78 bits per heavy atom. The highest BCUT2D eigenvalue weighted by Gasteiger charge is 2.07. The molecule has 1 amide bonds. The molecule has 2 rings (SSSR count). The Bertz CT molecular complexity index is 722. The van der Waals surface area contributed by atoms with Crippen LogP contribution in [-0.4, -0.2) is 24.0 Å². The lowest BCUT2D eigenvalue weighted by molar-refractivity contribution is -0.118. The van der Waals surface area contributed by atoms with Crippen molar-refractivity contribution in [3.05, 3.63) is 45.7 Å². The summed E-state index contributed by atoms with van der Waals surface area (Å²) >= 11 is 0. The molecule has 5 heteroatoms. The van der Waals surface area contributed by atoms with Gasteiger partial charge in [-0.15, -0.1) is 0 Å². The van der Waals surface area contributed by atoms with Crippen molar-refractivity contribution in [3.63, 3.8) is 0 Å². The molecule has 124 valence electrons. The molecule has 0 spiro atoms. The SMILES string of the molecule is CC(=O)NCCCCCOCc1[nH]c2ccccc2c(=O)c1C. The third kappa shape index (κ3) is 4.93. The summed E-state index contributed by atoms with van der Waals surface area (Å²) in [5.74, 6) is 0.0111. The summed E-state index contributed by atoms with van der Waals surface area (Å²) in [6.45, 7) is 5.13. The summed E-state index contributed by atoms with van der Waals surface area (Å²) in [4.78, 5) is 26.3. The van der Waals surface area contributed by atoms with Gasteiger partial charge >= 0.3 is 0 Å². The van der Waals surface area contributed by atoms with Crippen LogP contribution >= 0.6 is 0 Å². The maximum absolute atomic E-state index is 12.3. The molecule has 1 aromatic carbocycles. The summed E-state index contributed by atoms with van der Waals surface area (Å²) in [7, 11) is 0. The maximum Gasteiger partial charge on any atom is 0.216 e. The van der Waals surface area contributed by atoms with E-state index in [1.54, 1.807) is 0 Å². The van der Waals surface area contributed by atoms with Gasteiger partial charge in [-0.2, -0.15) is 0 Å². The van der Waals surface area contributed by atoms with Crippen LogP contribution in [0.1, 0.15) is 37.4 Å². The summed E-state index contributed by atoms with van der Waals surface area (Å²) < 4.78 is 5.67. The van der Waals surface area contributed by atoms with E-state index in [-0.39, 0.29) is 11.3 Å². The number of para-hydroxylation sites is 1. The third-order valence-corrected chi connectivity index (χ3v) is 3.84. The fraction of sp³-hybridized carbons (Fsp3) is 0.444. The zero-order valence-corrected chi connectivity index (χ0v) is 13.8. The quantitative estimate of drug-likeness (QED) is 0.736. The second-order valence-corrected chi connectivity index (χ2v) is 5.70. The number of carbonyl (C=O) groups excluding carboxylic acids is 1. The van der Waals surface area contributed by atoms with E-state index < -0.39 is 0 Å². The number of aromatic amines is 1. The van der Waals surface area contributed by atoms with Gasteiger partial charge in [0.2, 0.25) is 5.91 Å². The number of fused-ring (bicyclic) bond motifs is 1. The first-order chi connectivity index (χ1) is 11.1. The van der Waals surface area contributed by atoms with Crippen molar-refractivity contribution in [3.8, 4) is 0 Å². The number of carbonyl (C=O) groups is 1. The monoisotopic (exact) mass is 316 g/mol. The van der Waals surface area contributed by atoms with Gasteiger partial charge in [-0.05, 0) is 38.3 Å². The van der Waals surface area contributed by atoms with Gasteiger partial charge in [0.05, 0.1) is 6.61 Å². The highest BCUT2D eigenvalue weighted by molar-refractivity contribution is 5.79. The van der Waals surface area contributed by atoms with Crippen LogP contribution in [0.4, 0.5) is 0 Å². The molecule has 0 saturated carbocycles. The number of pyridine rings is 1. The second kappa shape index (κ2) is 8.48. The molecule has 23 heavy (non-hydrogen) atoms. The predicted molar refractivity (Wildman–Crippen MR) is 91.5 cm³/mol. The maximum atomic E-state index is 12.3. The summed E-state index contributed by atoms with van der Waals surface area (Å²) in [6.07, 6.45) is 2.90. The van der Waals surface area contributed by atoms with Gasteiger partial charge in [-0.3, -0.25) is 9.59 Å². The first-order valence-corrected chi connectivity index (χ1v) is 8.02. The van der Waals surface area contributed by atoms with Crippen LogP contribution in [0.15, 0.2) is 29.1 Å². The van der Waals surface area contributed by atoms with E-state index in [4.69, 9.17) is 4.74 Å². The predicted octanol–water partition coefficient (Wildman–Crippen LogP) is 2.66. The van der Waals surface area contributed by atoms with E-state index in [0.717, 1.165) is 30.5 Å². The van der Waals surface area contributed by atoms with Crippen molar-refractivity contribution in [1.82, 2.24) is 10.3 Å². The van der Waals surface area contributed by atoms with Crippen molar-refractivity contribution < 1.29 is 9.53 Å². The number of H-pyrrole nitrogens is 1. The molecule has 0 aliphatic carbocycles. The Morgan fingerprint density at radius 1 is 1.22 bits per heavy atom. The first kappa shape index (κ1) is 17.2. The van der Waals surface area contributed by atoms with E-state index in [1.807, 2.05) is 31.2 Å². The number of amides is 1. The van der Waals surface area contributed by atoms with E-state index in [2.05, 4.69) is 10.3 Å². The van der Waals surface area contributed by atoms with Crippen molar-refractivity contribution in [1.29, 1.82) is 0 Å². The molecule has 0 atom stereocenters. The first-order valence-electron chi connectivity index (χ1n) is 8.02. The van der Waals surface area contributed by atoms with Gasteiger partial charge in [0.1, 0.15) is 0 Å². The number of unbranched alkanes of at least 4 members (excludes halogenated alkanes) is 2. The number of hydrogen-bond donors (Lipinski definition) is 2. The highest BCUT2D eigenvalue weighted by atomic mass is 16.5. The molecule has 1 aromatic heterocycles. The van der Waals surface area contributed by atoms with Crippen LogP contribution < -0.4 is 10.7 Å². The Hall–Kier alpha value is -2.14. The standard InChI is InChI=1S/C18H24N2O3/c1-13-17(12-23-11-7-3-6-10-19-14(2)21)20-16-9-5-4-8-15(16)18(13)22/h4-5,8-9H,3,6-7,10-12H2,1-2H3,(H,19,21)(H,20,22). The number of benzene rings is 1. The molecule has 2 N–H and O–H groups in total. The summed E-state index contributed by atoms with van der Waals surface area (Å²) in [5.41, 5.74) is 2.46. The van der Waals surface area contributed by atoms with Gasteiger partial charge in [-0.1, -0.05) is 12.1 Å². The van der Waals surface area contributed by atoms with Gasteiger partial charge < -0.3 is 15.0 Å². The van der Waals surface area contributed by atoms with Crippen molar-refractivity contribution in [2.75, 3.05) is 13.2 Å². The van der Waals surface area contributed by atoms with Crippen LogP contribution in [0.5, 0.6) is 0 Å². The number of aromatic nitrogens is 1. The van der Waals surface area contributed by atoms with Gasteiger partial charge in [-0.25, -0.2) is 0 Å². The molecule has 0 bridgehead atoms. The van der Waals surface area contributed by atoms with E-state index in [1.165, 1.54) is 6.92 Å². The lowest BCUT2D eigenvalue weighted by Crippen LogP contribution is -2.20. The van der Waals surface area contributed by atoms with Gasteiger partial charge in [0.15, 0.2) is 5.43 Å². The van der Waals surface area contributed by atoms with Crippen LogP contribution in [0, 0.1) is 6.92 Å². The average molecular weight is 316 g/mol. The Morgan fingerprint density at radius 2 is 2.00 bits per heavy atom. The summed E-state index contributed by atoms with van der Waals surface area (Å²) in [6, 6.07) is 7.52. The number of ether oxygens (including phenoxy) is 1. The minimum absolute atomic E-state index is 0.0111. The fourth-order valence-electron chi connectivity index (χ4n) is 2.47. The molecular formula is C18H24N2O3. The van der Waals surface area contributed by atoms with Crippen LogP contribution in [0.25, 0.3) is 10.9 Å². The zero-order valence-electron chi connectivity index (χ0n) is 13.8.